The fourth-order valence-corrected chi connectivity index (χ4v) is 8.52. The first-order chi connectivity index (χ1) is 27.9. The second-order valence-corrected chi connectivity index (χ2v) is 15.7. The zero-order valence-corrected chi connectivity index (χ0v) is 31.8. The van der Waals surface area contributed by atoms with Crippen molar-refractivity contribution < 1.29 is 9.30 Å². The van der Waals surface area contributed by atoms with Gasteiger partial charge in [0.1, 0.15) is 17.3 Å². The third-order valence-corrected chi connectivity index (χ3v) is 11.2. The number of benzene rings is 6. The van der Waals surface area contributed by atoms with Crippen LogP contribution in [0.5, 0.6) is 11.5 Å². The average Bonchev–Trinajstić information content (AvgIpc) is 3.80. The van der Waals surface area contributed by atoms with Gasteiger partial charge in [-0.15, -0.1) is 0 Å². The van der Waals surface area contributed by atoms with Crippen LogP contribution < -0.4 is 9.30 Å². The monoisotopic (exact) mass is 735 g/mol. The molecule has 0 saturated carbocycles. The van der Waals surface area contributed by atoms with Gasteiger partial charge in [-0.05, 0) is 93.4 Å². The summed E-state index contributed by atoms with van der Waals surface area (Å²) in [5, 5.41) is 2.33. The largest absolute Gasteiger partial charge is 0.458 e. The van der Waals surface area contributed by atoms with E-state index in [-0.39, 0.29) is 5.41 Å². The van der Waals surface area contributed by atoms with Crippen LogP contribution in [0.4, 0.5) is 0 Å². The van der Waals surface area contributed by atoms with Crippen LogP contribution in [0.25, 0.3) is 83.4 Å². The number of para-hydroxylation sites is 2. The molecular weight excluding hydrogens is 699 g/mol. The number of fused-ring (bicyclic) bond motifs is 10. The molecule has 6 heteroatoms. The lowest BCUT2D eigenvalue weighted by atomic mass is 9.88. The zero-order chi connectivity index (χ0) is 38.3. The summed E-state index contributed by atoms with van der Waals surface area (Å²) in [5.41, 5.74) is 14.3. The summed E-state index contributed by atoms with van der Waals surface area (Å²) in [4.78, 5) is 9.47. The van der Waals surface area contributed by atoms with Crippen molar-refractivity contribution in [3.05, 3.63) is 182 Å². The minimum absolute atomic E-state index is 0.00888. The van der Waals surface area contributed by atoms with Crippen LogP contribution in [0.2, 0.25) is 0 Å². The van der Waals surface area contributed by atoms with E-state index in [1.54, 1.807) is 0 Å². The summed E-state index contributed by atoms with van der Waals surface area (Å²) in [5.74, 6) is 2.36. The summed E-state index contributed by atoms with van der Waals surface area (Å²) in [6.07, 6.45) is 9.52. The fraction of sp³-hybridized carbons (Fsp3) is 0.0784. The molecule has 0 aliphatic carbocycles. The third kappa shape index (κ3) is 5.29. The molecule has 6 nitrogen and oxygen atoms in total. The summed E-state index contributed by atoms with van der Waals surface area (Å²) in [7, 11) is 0. The minimum atomic E-state index is -0.00888. The van der Waals surface area contributed by atoms with Gasteiger partial charge in [-0.25, -0.2) is 4.98 Å². The van der Waals surface area contributed by atoms with Crippen molar-refractivity contribution in [1.82, 2.24) is 19.1 Å². The molecule has 0 bridgehead atoms. The highest BCUT2D eigenvalue weighted by Gasteiger charge is 2.24. The molecule has 0 saturated heterocycles. The molecule has 11 rings (SSSR count). The Morgan fingerprint density at radius 1 is 0.561 bits per heavy atom. The minimum Gasteiger partial charge on any atom is -0.458 e. The lowest BCUT2D eigenvalue weighted by molar-refractivity contribution is -0.571. The molecule has 0 radical (unpaired) electrons. The molecular formula is C51H37N5O. The van der Waals surface area contributed by atoms with E-state index < -0.39 is 0 Å². The van der Waals surface area contributed by atoms with Gasteiger partial charge < -0.3 is 4.74 Å². The van der Waals surface area contributed by atoms with Crippen LogP contribution >= 0.6 is 0 Å². The van der Waals surface area contributed by atoms with Gasteiger partial charge in [0.05, 0.1) is 33.4 Å². The number of hydrogen-bond donors (Lipinski definition) is 0. The molecule has 5 heterocycles. The average molecular weight is 736 g/mol. The van der Waals surface area contributed by atoms with Crippen LogP contribution in [-0.4, -0.2) is 19.1 Å². The van der Waals surface area contributed by atoms with Crippen molar-refractivity contribution in [2.45, 2.75) is 26.2 Å². The molecule has 1 aliphatic rings. The first kappa shape index (κ1) is 33.1. The topological polar surface area (TPSA) is 48.8 Å². The number of hydrogen-bond acceptors (Lipinski definition) is 3. The second-order valence-electron chi connectivity index (χ2n) is 15.7. The highest BCUT2D eigenvalue weighted by atomic mass is 16.5. The normalized spacial score (nSPS) is 12.1. The van der Waals surface area contributed by atoms with E-state index in [0.29, 0.717) is 0 Å². The molecule has 0 amide bonds. The maximum atomic E-state index is 6.72. The number of rotatable bonds is 4. The molecule has 0 fully saturated rings. The Balaban J connectivity index is 1.05. The molecule has 1 aliphatic heterocycles. The van der Waals surface area contributed by atoms with Gasteiger partial charge in [0.25, 0.3) is 6.33 Å². The number of nitrogens with zero attached hydrogens (tertiary/aromatic N) is 5. The maximum Gasteiger partial charge on any atom is 0.269 e. The van der Waals surface area contributed by atoms with Crippen LogP contribution in [0.1, 0.15) is 26.3 Å². The van der Waals surface area contributed by atoms with Gasteiger partial charge in [-0.2, -0.15) is 0 Å². The Hall–Kier alpha value is -7.31. The van der Waals surface area contributed by atoms with Gasteiger partial charge in [-0.3, -0.25) is 18.7 Å². The molecule has 0 spiro atoms. The van der Waals surface area contributed by atoms with Crippen molar-refractivity contribution in [2.24, 2.45) is 0 Å². The van der Waals surface area contributed by atoms with Gasteiger partial charge >= 0.3 is 0 Å². The van der Waals surface area contributed by atoms with E-state index in [9.17, 15) is 0 Å². The van der Waals surface area contributed by atoms with Gasteiger partial charge in [0.2, 0.25) is 0 Å². The molecule has 10 aromatic rings. The Bertz CT molecular complexity index is 3220. The van der Waals surface area contributed by atoms with E-state index in [4.69, 9.17) is 9.72 Å². The zero-order valence-electron chi connectivity index (χ0n) is 31.8. The van der Waals surface area contributed by atoms with Crippen LogP contribution in [0.15, 0.2) is 170 Å². The standard InChI is InChI=1S/C51H37N5O/c1-51(2,3)33-24-27-53-49(28-33)56-46-20-9-8-18-41(46)42-23-22-36(30-48(42)56)57-35-13-10-12-34(29-35)54-32-55-45-25-26-52-31-44(45)40-17-7-5-15-38(40)37-14-4-6-16-39(37)43-19-11-21-47(54)50(43)55/h4-31H,1-3H3. The molecule has 57 heavy (non-hydrogen) atoms. The first-order valence-electron chi connectivity index (χ1n) is 19.3. The number of ether oxygens (including phenoxy) is 1. The third-order valence-electron chi connectivity index (χ3n) is 11.2. The van der Waals surface area contributed by atoms with E-state index in [1.807, 2.05) is 30.7 Å². The van der Waals surface area contributed by atoms with Crippen molar-refractivity contribution >= 4 is 32.8 Å². The molecule has 0 unspecified atom stereocenters. The van der Waals surface area contributed by atoms with Crippen molar-refractivity contribution in [2.75, 3.05) is 0 Å². The maximum absolute atomic E-state index is 6.72. The van der Waals surface area contributed by atoms with Gasteiger partial charge in [0.15, 0.2) is 0 Å². The van der Waals surface area contributed by atoms with Crippen molar-refractivity contribution in [3.8, 4) is 62.1 Å². The smallest absolute Gasteiger partial charge is 0.269 e. The molecule has 0 atom stereocenters. The lowest BCUT2D eigenvalue weighted by Crippen LogP contribution is -2.31. The van der Waals surface area contributed by atoms with E-state index in [0.717, 1.165) is 72.8 Å². The predicted molar refractivity (Wildman–Crippen MR) is 229 cm³/mol. The lowest BCUT2D eigenvalue weighted by Gasteiger charge is -2.20. The summed E-state index contributed by atoms with van der Waals surface area (Å²) in [6, 6.07) is 53.3. The van der Waals surface area contributed by atoms with E-state index in [2.05, 4.69) is 185 Å². The molecule has 272 valence electrons. The van der Waals surface area contributed by atoms with Gasteiger partial charge in [-0.1, -0.05) is 112 Å². The highest BCUT2D eigenvalue weighted by Crippen LogP contribution is 2.43. The van der Waals surface area contributed by atoms with E-state index in [1.165, 1.54) is 27.6 Å². The van der Waals surface area contributed by atoms with Crippen LogP contribution in [0, 0.1) is 6.33 Å². The summed E-state index contributed by atoms with van der Waals surface area (Å²) < 4.78 is 13.3. The quantitative estimate of drug-likeness (QED) is 0.134. The Morgan fingerprint density at radius 3 is 2.04 bits per heavy atom. The molecule has 4 aromatic heterocycles. The van der Waals surface area contributed by atoms with Gasteiger partial charge in [0, 0.05) is 41.0 Å². The van der Waals surface area contributed by atoms with Crippen LogP contribution in [-0.2, 0) is 5.41 Å². The molecule has 6 aromatic carbocycles. The van der Waals surface area contributed by atoms with Crippen LogP contribution in [0.3, 0.4) is 0 Å². The SMILES string of the molecule is CC(C)(C)c1ccnc(-n2c3ccccc3c3ccc(Oc4cccc(-n5[c-][n+]6c7c(cccc75)-c5ccccc5-c5ccccc5-c5cnccc5-6)c4)cc32)c1. The van der Waals surface area contributed by atoms with E-state index >= 15 is 0 Å². The first-order valence-corrected chi connectivity index (χ1v) is 19.3. The summed E-state index contributed by atoms with van der Waals surface area (Å²) in [6.45, 7) is 6.70. The second kappa shape index (κ2) is 12.6. The summed E-state index contributed by atoms with van der Waals surface area (Å²) >= 11 is 0. The fourth-order valence-electron chi connectivity index (χ4n) is 8.52. The highest BCUT2D eigenvalue weighted by molar-refractivity contribution is 6.09. The Morgan fingerprint density at radius 2 is 1.23 bits per heavy atom. The number of imidazole rings is 1. The predicted octanol–water partition coefficient (Wildman–Crippen LogP) is 12.0. The Kier molecular flexibility index (Phi) is 7.32. The number of pyridine rings is 2. The van der Waals surface area contributed by atoms with Crippen molar-refractivity contribution in [3.63, 3.8) is 0 Å². The Labute approximate surface area is 330 Å². The number of aromatic nitrogens is 5. The van der Waals surface area contributed by atoms with Crippen molar-refractivity contribution in [1.29, 1.82) is 0 Å². The molecule has 0 N–H and O–H groups in total.